The lowest BCUT2D eigenvalue weighted by atomic mass is 9.85. The molecule has 1 aliphatic carbocycles. The Morgan fingerprint density at radius 2 is 1.94 bits per heavy atom. The zero-order chi connectivity index (χ0) is 11.8. The van der Waals surface area contributed by atoms with Crippen LogP contribution < -0.4 is 5.73 Å². The third-order valence-electron chi connectivity index (χ3n) is 4.22. The van der Waals surface area contributed by atoms with Gasteiger partial charge in [-0.2, -0.15) is 0 Å². The molecule has 94 valence electrons. The Hall–Kier alpha value is -0.350. The minimum Gasteiger partial charge on any atom is -0.326 e. The van der Waals surface area contributed by atoms with Crippen LogP contribution in [-0.2, 0) is 13.0 Å². The molecular formula is C13H20BrN3. The van der Waals surface area contributed by atoms with Crippen LogP contribution in [0.15, 0.2) is 4.73 Å². The number of hydrogen-bond donors (Lipinski definition) is 1. The number of aromatic nitrogens is 2. The van der Waals surface area contributed by atoms with E-state index in [1.807, 2.05) is 0 Å². The number of nitrogens with two attached hydrogens (primary N) is 1. The van der Waals surface area contributed by atoms with Gasteiger partial charge in [0.15, 0.2) is 4.73 Å². The Balaban J connectivity index is 1.92. The van der Waals surface area contributed by atoms with Crippen molar-refractivity contribution in [2.75, 3.05) is 0 Å². The molecule has 1 atom stereocenters. The predicted molar refractivity (Wildman–Crippen MR) is 72.0 cm³/mol. The van der Waals surface area contributed by atoms with Crippen molar-refractivity contribution >= 4 is 15.9 Å². The molecule has 17 heavy (non-hydrogen) atoms. The lowest BCUT2D eigenvalue weighted by Crippen LogP contribution is -2.32. The highest BCUT2D eigenvalue weighted by Crippen LogP contribution is 2.36. The topological polar surface area (TPSA) is 43.8 Å². The molecule has 3 rings (SSSR count). The normalized spacial score (nSPS) is 25.9. The molecule has 4 heteroatoms. The van der Waals surface area contributed by atoms with E-state index in [9.17, 15) is 0 Å². The summed E-state index contributed by atoms with van der Waals surface area (Å²) in [6.45, 7) is 0.926. The summed E-state index contributed by atoms with van der Waals surface area (Å²) in [5, 5.41) is 0. The zero-order valence-corrected chi connectivity index (χ0v) is 11.7. The van der Waals surface area contributed by atoms with E-state index in [-0.39, 0.29) is 0 Å². The second-order valence-electron chi connectivity index (χ2n) is 5.46. The quantitative estimate of drug-likeness (QED) is 0.866. The molecule has 1 aromatic rings. The Morgan fingerprint density at radius 3 is 2.71 bits per heavy atom. The molecule has 3 nitrogen and oxygen atoms in total. The molecule has 1 fully saturated rings. The highest BCUT2D eigenvalue weighted by Gasteiger charge is 2.27. The van der Waals surface area contributed by atoms with Crippen LogP contribution in [0.5, 0.6) is 0 Å². The lowest BCUT2D eigenvalue weighted by molar-refractivity contribution is 0.422. The van der Waals surface area contributed by atoms with Gasteiger partial charge in [-0.1, -0.05) is 19.3 Å². The van der Waals surface area contributed by atoms with Gasteiger partial charge in [-0.3, -0.25) is 0 Å². The second kappa shape index (κ2) is 4.73. The summed E-state index contributed by atoms with van der Waals surface area (Å²) in [6.07, 6.45) is 9.00. The van der Waals surface area contributed by atoms with Crippen LogP contribution >= 0.6 is 15.9 Å². The minimum absolute atomic E-state index is 0.298. The van der Waals surface area contributed by atoms with Crippen LogP contribution in [0, 0.1) is 0 Å². The SMILES string of the molecule is NC1CCc2c(C3CCCCC3)nc(Br)n2C1. The van der Waals surface area contributed by atoms with Crippen molar-refractivity contribution in [3.05, 3.63) is 16.1 Å². The van der Waals surface area contributed by atoms with E-state index in [2.05, 4.69) is 20.5 Å². The average molecular weight is 298 g/mol. The molecule has 0 bridgehead atoms. The molecule has 0 saturated heterocycles. The molecule has 0 amide bonds. The molecule has 0 spiro atoms. The first-order chi connectivity index (χ1) is 8.25. The summed E-state index contributed by atoms with van der Waals surface area (Å²) in [5.74, 6) is 0.700. The summed E-state index contributed by atoms with van der Waals surface area (Å²) >= 11 is 3.59. The average Bonchev–Trinajstić information content (AvgIpc) is 2.68. The van der Waals surface area contributed by atoms with Gasteiger partial charge in [0.2, 0.25) is 0 Å². The van der Waals surface area contributed by atoms with Crippen LogP contribution in [0.25, 0.3) is 0 Å². The number of rotatable bonds is 1. The smallest absolute Gasteiger partial charge is 0.177 e. The highest BCUT2D eigenvalue weighted by molar-refractivity contribution is 9.10. The minimum atomic E-state index is 0.298. The van der Waals surface area contributed by atoms with Crippen LogP contribution in [0.4, 0.5) is 0 Å². The van der Waals surface area contributed by atoms with Gasteiger partial charge in [0, 0.05) is 24.2 Å². The van der Waals surface area contributed by atoms with E-state index in [0.29, 0.717) is 12.0 Å². The molecule has 2 heterocycles. The van der Waals surface area contributed by atoms with Gasteiger partial charge in [-0.15, -0.1) is 0 Å². The van der Waals surface area contributed by atoms with Gasteiger partial charge in [-0.25, -0.2) is 4.98 Å². The monoisotopic (exact) mass is 297 g/mol. The number of nitrogens with zero attached hydrogens (tertiary/aromatic N) is 2. The van der Waals surface area contributed by atoms with Crippen molar-refractivity contribution in [2.45, 2.75) is 63.5 Å². The van der Waals surface area contributed by atoms with Crippen LogP contribution in [0.2, 0.25) is 0 Å². The number of hydrogen-bond acceptors (Lipinski definition) is 2. The fourth-order valence-corrected chi connectivity index (χ4v) is 3.82. The van der Waals surface area contributed by atoms with Gasteiger partial charge >= 0.3 is 0 Å². The van der Waals surface area contributed by atoms with Gasteiger partial charge in [0.25, 0.3) is 0 Å². The first kappa shape index (κ1) is 11.7. The van der Waals surface area contributed by atoms with Gasteiger partial charge in [0.05, 0.1) is 5.69 Å². The maximum absolute atomic E-state index is 6.04. The molecular weight excluding hydrogens is 278 g/mol. The Labute approximate surface area is 111 Å². The molecule has 1 unspecified atom stereocenters. The maximum Gasteiger partial charge on any atom is 0.177 e. The first-order valence-electron chi connectivity index (χ1n) is 6.76. The summed E-state index contributed by atoms with van der Waals surface area (Å²) in [4.78, 5) is 4.77. The summed E-state index contributed by atoms with van der Waals surface area (Å²) in [6, 6.07) is 0.298. The summed E-state index contributed by atoms with van der Waals surface area (Å²) in [7, 11) is 0. The van der Waals surface area contributed by atoms with E-state index in [1.165, 1.54) is 43.5 Å². The largest absolute Gasteiger partial charge is 0.326 e. The molecule has 0 aromatic carbocycles. The fourth-order valence-electron chi connectivity index (χ4n) is 3.27. The third kappa shape index (κ3) is 2.17. The van der Waals surface area contributed by atoms with Crippen LogP contribution in [0.3, 0.4) is 0 Å². The van der Waals surface area contributed by atoms with E-state index in [4.69, 9.17) is 10.7 Å². The molecule has 1 aromatic heterocycles. The van der Waals surface area contributed by atoms with Crippen LogP contribution in [0.1, 0.15) is 55.8 Å². The number of halogens is 1. The molecule has 1 saturated carbocycles. The lowest BCUT2D eigenvalue weighted by Gasteiger charge is -2.25. The second-order valence-corrected chi connectivity index (χ2v) is 6.17. The van der Waals surface area contributed by atoms with E-state index in [1.54, 1.807) is 0 Å². The molecule has 2 N–H and O–H groups in total. The van der Waals surface area contributed by atoms with Crippen molar-refractivity contribution < 1.29 is 0 Å². The molecule has 1 aliphatic heterocycles. The third-order valence-corrected chi connectivity index (χ3v) is 4.82. The van der Waals surface area contributed by atoms with Crippen molar-refractivity contribution in [2.24, 2.45) is 5.73 Å². The van der Waals surface area contributed by atoms with Crippen molar-refractivity contribution in [1.82, 2.24) is 9.55 Å². The van der Waals surface area contributed by atoms with Crippen molar-refractivity contribution in [3.8, 4) is 0 Å². The predicted octanol–water partition coefficient (Wildman–Crippen LogP) is 2.97. The maximum atomic E-state index is 6.04. The molecule has 2 aliphatic rings. The summed E-state index contributed by atoms with van der Waals surface area (Å²) < 4.78 is 3.28. The van der Waals surface area contributed by atoms with Crippen molar-refractivity contribution in [1.29, 1.82) is 0 Å². The van der Waals surface area contributed by atoms with Gasteiger partial charge in [0.1, 0.15) is 0 Å². The zero-order valence-electron chi connectivity index (χ0n) is 10.2. The number of fused-ring (bicyclic) bond motifs is 1. The fraction of sp³-hybridized carbons (Fsp3) is 0.769. The Bertz CT molecular complexity index is 407. The van der Waals surface area contributed by atoms with Gasteiger partial charge < -0.3 is 10.3 Å². The van der Waals surface area contributed by atoms with E-state index < -0.39 is 0 Å². The van der Waals surface area contributed by atoms with E-state index in [0.717, 1.165) is 24.1 Å². The standard InChI is InChI=1S/C13H20BrN3/c14-13-16-12(9-4-2-1-3-5-9)11-7-6-10(15)8-17(11)13/h9-10H,1-8,15H2. The molecule has 0 radical (unpaired) electrons. The summed E-state index contributed by atoms with van der Waals surface area (Å²) in [5.41, 5.74) is 8.85. The van der Waals surface area contributed by atoms with Gasteiger partial charge in [-0.05, 0) is 41.6 Å². The highest BCUT2D eigenvalue weighted by atomic mass is 79.9. The first-order valence-corrected chi connectivity index (χ1v) is 7.55. The van der Waals surface area contributed by atoms with Crippen molar-refractivity contribution in [3.63, 3.8) is 0 Å². The Kier molecular flexibility index (Phi) is 3.26. The van der Waals surface area contributed by atoms with E-state index >= 15 is 0 Å². The number of imidazole rings is 1. The Morgan fingerprint density at radius 1 is 1.18 bits per heavy atom. The van der Waals surface area contributed by atoms with Crippen LogP contribution in [-0.4, -0.2) is 15.6 Å².